The molecule has 4 rings (SSSR count). The number of hydrogen-bond acceptors (Lipinski definition) is 5. The molecule has 0 bridgehead atoms. The van der Waals surface area contributed by atoms with Crippen molar-refractivity contribution >= 4 is 11.7 Å². The summed E-state index contributed by atoms with van der Waals surface area (Å²) in [4.78, 5) is 16.4. The molecular weight excluding hydrogens is 316 g/mol. The molecule has 0 N–H and O–H groups in total. The minimum Gasteiger partial charge on any atom is -0.484 e. The second-order valence-corrected chi connectivity index (χ2v) is 6.50. The normalized spacial score (nSPS) is 16.6. The van der Waals surface area contributed by atoms with E-state index in [2.05, 4.69) is 21.2 Å². The Labute approximate surface area is 147 Å². The summed E-state index contributed by atoms with van der Waals surface area (Å²) in [5.74, 6) is 1.69. The molecule has 1 aromatic carbocycles. The zero-order valence-corrected chi connectivity index (χ0v) is 14.2. The van der Waals surface area contributed by atoms with Gasteiger partial charge in [-0.3, -0.25) is 4.79 Å². The first kappa shape index (κ1) is 15.9. The zero-order valence-electron chi connectivity index (χ0n) is 14.2. The molecule has 0 radical (unpaired) electrons. The largest absolute Gasteiger partial charge is 0.484 e. The van der Waals surface area contributed by atoms with E-state index in [1.165, 1.54) is 12.0 Å². The predicted molar refractivity (Wildman–Crippen MR) is 94.8 cm³/mol. The Bertz CT molecular complexity index is 742. The third-order valence-corrected chi connectivity index (χ3v) is 4.87. The van der Waals surface area contributed by atoms with Crippen LogP contribution in [0.15, 0.2) is 36.4 Å². The van der Waals surface area contributed by atoms with E-state index in [0.29, 0.717) is 13.1 Å². The molecule has 1 aliphatic carbocycles. The fraction of sp³-hybridized carbons (Fsp3) is 0.421. The van der Waals surface area contributed by atoms with Crippen LogP contribution in [0.5, 0.6) is 5.75 Å². The van der Waals surface area contributed by atoms with Crippen LogP contribution in [0.2, 0.25) is 0 Å². The highest BCUT2D eigenvalue weighted by Crippen LogP contribution is 2.23. The van der Waals surface area contributed by atoms with E-state index in [1.807, 2.05) is 35.2 Å². The van der Waals surface area contributed by atoms with E-state index in [1.54, 1.807) is 0 Å². The number of fused-ring (bicyclic) bond motifs is 1. The molecule has 1 amide bonds. The lowest BCUT2D eigenvalue weighted by Crippen LogP contribution is -2.50. The number of hydrogen-bond donors (Lipinski definition) is 0. The minimum absolute atomic E-state index is 0.0311. The molecule has 1 aromatic heterocycles. The van der Waals surface area contributed by atoms with Crippen molar-refractivity contribution in [1.29, 1.82) is 0 Å². The number of para-hydroxylation sites is 1. The molecule has 2 heterocycles. The number of piperazine rings is 1. The Morgan fingerprint density at radius 2 is 1.84 bits per heavy atom. The average Bonchev–Trinajstić information content (AvgIpc) is 3.15. The number of carbonyl (C=O) groups is 1. The number of benzene rings is 1. The first-order valence-electron chi connectivity index (χ1n) is 8.85. The first-order valence-corrected chi connectivity index (χ1v) is 8.85. The van der Waals surface area contributed by atoms with E-state index >= 15 is 0 Å². The second-order valence-electron chi connectivity index (χ2n) is 6.50. The smallest absolute Gasteiger partial charge is 0.260 e. The minimum atomic E-state index is 0.0311. The molecule has 6 nitrogen and oxygen atoms in total. The highest BCUT2D eigenvalue weighted by atomic mass is 16.5. The fourth-order valence-corrected chi connectivity index (χ4v) is 3.41. The maximum absolute atomic E-state index is 12.3. The number of anilines is 1. The molecule has 2 aromatic rings. The van der Waals surface area contributed by atoms with E-state index in [0.717, 1.165) is 43.2 Å². The van der Waals surface area contributed by atoms with Crippen LogP contribution in [0.25, 0.3) is 0 Å². The van der Waals surface area contributed by atoms with Gasteiger partial charge in [0.1, 0.15) is 5.75 Å². The molecule has 130 valence electrons. The van der Waals surface area contributed by atoms with E-state index in [4.69, 9.17) is 4.74 Å². The monoisotopic (exact) mass is 338 g/mol. The molecule has 0 spiro atoms. The van der Waals surface area contributed by atoms with Gasteiger partial charge in [-0.25, -0.2) is 0 Å². The molecule has 25 heavy (non-hydrogen) atoms. The summed E-state index contributed by atoms with van der Waals surface area (Å²) >= 11 is 0. The maximum Gasteiger partial charge on any atom is 0.260 e. The summed E-state index contributed by atoms with van der Waals surface area (Å²) in [6.07, 6.45) is 3.33. The number of ether oxygens (including phenoxy) is 1. The third-order valence-electron chi connectivity index (χ3n) is 4.87. The lowest BCUT2D eigenvalue weighted by Gasteiger charge is -2.35. The molecule has 0 unspecified atom stereocenters. The standard InChI is InChI=1S/C19H22N4O2/c24-19(14-25-16-6-2-1-3-7-16)23-11-9-22(10-12-23)18-13-15-5-4-8-17(15)20-21-18/h1-3,6-7,13H,4-5,8-12,14H2. The SMILES string of the molecule is O=C(COc1ccccc1)N1CCN(c2cc3c(nn2)CCC3)CC1. The quantitative estimate of drug-likeness (QED) is 0.849. The summed E-state index contributed by atoms with van der Waals surface area (Å²) < 4.78 is 5.56. The van der Waals surface area contributed by atoms with E-state index in [9.17, 15) is 4.79 Å². The maximum atomic E-state index is 12.3. The molecule has 1 fully saturated rings. The van der Waals surface area contributed by atoms with Crippen LogP contribution in [-0.2, 0) is 17.6 Å². The zero-order chi connectivity index (χ0) is 17.1. The van der Waals surface area contributed by atoms with Crippen molar-refractivity contribution in [3.05, 3.63) is 47.7 Å². The number of carbonyl (C=O) groups excluding carboxylic acids is 1. The van der Waals surface area contributed by atoms with Crippen molar-refractivity contribution in [2.45, 2.75) is 19.3 Å². The number of nitrogens with zero attached hydrogens (tertiary/aromatic N) is 4. The summed E-state index contributed by atoms with van der Waals surface area (Å²) in [5, 5.41) is 8.73. The predicted octanol–water partition coefficient (Wildman–Crippen LogP) is 1.69. The van der Waals surface area contributed by atoms with Crippen molar-refractivity contribution in [1.82, 2.24) is 15.1 Å². The topological polar surface area (TPSA) is 58.6 Å². The highest BCUT2D eigenvalue weighted by molar-refractivity contribution is 5.78. The third kappa shape index (κ3) is 3.57. The van der Waals surface area contributed by atoms with Crippen LogP contribution in [-0.4, -0.2) is 53.8 Å². The van der Waals surface area contributed by atoms with Gasteiger partial charge in [-0.1, -0.05) is 18.2 Å². The Balaban J connectivity index is 1.30. The Hall–Kier alpha value is -2.63. The Morgan fingerprint density at radius 1 is 1.04 bits per heavy atom. The van der Waals surface area contributed by atoms with Crippen LogP contribution in [0.3, 0.4) is 0 Å². The van der Waals surface area contributed by atoms with Crippen molar-refractivity contribution in [2.75, 3.05) is 37.7 Å². The first-order chi connectivity index (χ1) is 12.3. The molecule has 1 aliphatic heterocycles. The van der Waals surface area contributed by atoms with Crippen LogP contribution in [0, 0.1) is 0 Å². The lowest BCUT2D eigenvalue weighted by atomic mass is 10.2. The van der Waals surface area contributed by atoms with Gasteiger partial charge in [-0.2, -0.15) is 5.10 Å². The van der Waals surface area contributed by atoms with Crippen LogP contribution in [0.1, 0.15) is 17.7 Å². The van der Waals surface area contributed by atoms with Gasteiger partial charge in [0.15, 0.2) is 12.4 Å². The van der Waals surface area contributed by atoms with Gasteiger partial charge < -0.3 is 14.5 Å². The van der Waals surface area contributed by atoms with Crippen molar-refractivity contribution < 1.29 is 9.53 Å². The van der Waals surface area contributed by atoms with Gasteiger partial charge in [0.05, 0.1) is 5.69 Å². The second kappa shape index (κ2) is 7.09. The van der Waals surface area contributed by atoms with Crippen molar-refractivity contribution in [3.8, 4) is 5.75 Å². The average molecular weight is 338 g/mol. The van der Waals surface area contributed by atoms with Crippen LogP contribution >= 0.6 is 0 Å². The van der Waals surface area contributed by atoms with Gasteiger partial charge in [0, 0.05) is 26.2 Å². The van der Waals surface area contributed by atoms with E-state index < -0.39 is 0 Å². The Morgan fingerprint density at radius 3 is 2.64 bits per heavy atom. The summed E-state index contributed by atoms with van der Waals surface area (Å²) in [6, 6.07) is 11.6. The molecule has 6 heteroatoms. The lowest BCUT2D eigenvalue weighted by molar-refractivity contribution is -0.133. The fourth-order valence-electron chi connectivity index (χ4n) is 3.41. The van der Waals surface area contributed by atoms with Gasteiger partial charge in [0.2, 0.25) is 0 Å². The summed E-state index contributed by atoms with van der Waals surface area (Å²) in [5.41, 5.74) is 2.48. The van der Waals surface area contributed by atoms with Crippen LogP contribution in [0.4, 0.5) is 5.82 Å². The van der Waals surface area contributed by atoms with Crippen LogP contribution < -0.4 is 9.64 Å². The highest BCUT2D eigenvalue weighted by Gasteiger charge is 2.23. The molecular formula is C19H22N4O2. The molecule has 0 atom stereocenters. The van der Waals surface area contributed by atoms with Gasteiger partial charge >= 0.3 is 0 Å². The number of rotatable bonds is 4. The summed E-state index contributed by atoms with van der Waals surface area (Å²) in [6.45, 7) is 3.03. The van der Waals surface area contributed by atoms with Gasteiger partial charge in [0.25, 0.3) is 5.91 Å². The van der Waals surface area contributed by atoms with Crippen molar-refractivity contribution in [2.24, 2.45) is 0 Å². The Kier molecular flexibility index (Phi) is 4.50. The van der Waals surface area contributed by atoms with Gasteiger partial charge in [-0.05, 0) is 43.0 Å². The van der Waals surface area contributed by atoms with E-state index in [-0.39, 0.29) is 12.5 Å². The molecule has 2 aliphatic rings. The number of amides is 1. The van der Waals surface area contributed by atoms with Crippen molar-refractivity contribution in [3.63, 3.8) is 0 Å². The number of aromatic nitrogens is 2. The van der Waals surface area contributed by atoms with Gasteiger partial charge in [-0.15, -0.1) is 5.10 Å². The summed E-state index contributed by atoms with van der Waals surface area (Å²) in [7, 11) is 0. The molecule has 1 saturated heterocycles. The number of aryl methyl sites for hydroxylation is 2. The molecule has 0 saturated carbocycles.